The van der Waals surface area contributed by atoms with E-state index < -0.39 is 0 Å². The minimum absolute atomic E-state index is 0.125. The lowest BCUT2D eigenvalue weighted by molar-refractivity contribution is 0.0728. The molecular weight excluding hydrogens is 316 g/mol. The number of hydrogen-bond acceptors (Lipinski definition) is 5. The van der Waals surface area contributed by atoms with E-state index >= 15 is 0 Å². The molecule has 1 aromatic heterocycles. The standard InChI is InChI=1S/C18H24N6O/c1-13(2)24-16-7-8-17(24)11-22(10-9-16)18(25)14-3-5-15(6-4-14)23-12-19-20-21-23/h3-6,12-13,16-17H,7-11H2,1-2H3. The van der Waals surface area contributed by atoms with Gasteiger partial charge < -0.3 is 4.90 Å². The molecule has 0 N–H and O–H groups in total. The van der Waals surface area contributed by atoms with Crippen molar-refractivity contribution >= 4 is 5.91 Å². The maximum Gasteiger partial charge on any atom is 0.253 e. The van der Waals surface area contributed by atoms with Crippen LogP contribution in [-0.4, -0.2) is 67.1 Å². The first-order valence-electron chi connectivity index (χ1n) is 9.03. The fraction of sp³-hybridized carbons (Fsp3) is 0.556. The maximum absolute atomic E-state index is 13.0. The molecule has 2 fully saturated rings. The highest BCUT2D eigenvalue weighted by molar-refractivity contribution is 5.94. The van der Waals surface area contributed by atoms with Gasteiger partial charge >= 0.3 is 0 Å². The van der Waals surface area contributed by atoms with E-state index in [1.807, 2.05) is 29.2 Å². The summed E-state index contributed by atoms with van der Waals surface area (Å²) in [4.78, 5) is 17.6. The summed E-state index contributed by atoms with van der Waals surface area (Å²) in [6.07, 6.45) is 5.09. The molecule has 2 aliphatic rings. The van der Waals surface area contributed by atoms with Crippen molar-refractivity contribution in [3.63, 3.8) is 0 Å². The van der Waals surface area contributed by atoms with Gasteiger partial charge in [-0.15, -0.1) is 5.10 Å². The zero-order chi connectivity index (χ0) is 17.4. The smallest absolute Gasteiger partial charge is 0.253 e. The van der Waals surface area contributed by atoms with Crippen LogP contribution < -0.4 is 0 Å². The van der Waals surface area contributed by atoms with Gasteiger partial charge in [0.15, 0.2) is 0 Å². The first-order valence-corrected chi connectivity index (χ1v) is 9.03. The van der Waals surface area contributed by atoms with Crippen molar-refractivity contribution in [1.29, 1.82) is 0 Å². The quantitative estimate of drug-likeness (QED) is 0.851. The average Bonchev–Trinajstić information content (AvgIpc) is 3.22. The second-order valence-electron chi connectivity index (χ2n) is 7.27. The van der Waals surface area contributed by atoms with Gasteiger partial charge in [-0.05, 0) is 67.8 Å². The number of benzene rings is 1. The molecule has 0 radical (unpaired) electrons. The summed E-state index contributed by atoms with van der Waals surface area (Å²) in [5.74, 6) is 0.125. The Labute approximate surface area is 147 Å². The number of likely N-dealkylation sites (tertiary alicyclic amines) is 1. The molecule has 4 rings (SSSR count). The SMILES string of the molecule is CC(C)N1C2CCC1CN(C(=O)c1ccc(-n3cnnn3)cc1)CC2. The third-order valence-corrected chi connectivity index (χ3v) is 5.45. The van der Waals surface area contributed by atoms with Crippen molar-refractivity contribution in [2.24, 2.45) is 0 Å². The van der Waals surface area contributed by atoms with E-state index in [1.165, 1.54) is 12.8 Å². The second-order valence-corrected chi connectivity index (χ2v) is 7.27. The van der Waals surface area contributed by atoms with E-state index in [0.717, 1.165) is 30.8 Å². The van der Waals surface area contributed by atoms with Crippen LogP contribution >= 0.6 is 0 Å². The summed E-state index contributed by atoms with van der Waals surface area (Å²) < 4.78 is 1.58. The Hall–Kier alpha value is -2.28. The minimum atomic E-state index is 0.125. The molecule has 1 aromatic carbocycles. The van der Waals surface area contributed by atoms with Crippen molar-refractivity contribution in [2.75, 3.05) is 13.1 Å². The van der Waals surface area contributed by atoms with E-state index in [2.05, 4.69) is 34.3 Å². The number of fused-ring (bicyclic) bond motifs is 2. The lowest BCUT2D eigenvalue weighted by atomic mass is 10.1. The zero-order valence-electron chi connectivity index (χ0n) is 14.7. The Morgan fingerprint density at radius 3 is 2.56 bits per heavy atom. The normalized spacial score (nSPS) is 23.9. The van der Waals surface area contributed by atoms with Gasteiger partial charge in [0.05, 0.1) is 5.69 Å². The van der Waals surface area contributed by atoms with E-state index in [4.69, 9.17) is 0 Å². The highest BCUT2D eigenvalue weighted by Gasteiger charge is 2.39. The van der Waals surface area contributed by atoms with Gasteiger partial charge in [0, 0.05) is 36.8 Å². The van der Waals surface area contributed by atoms with Gasteiger partial charge in [-0.1, -0.05) is 0 Å². The van der Waals surface area contributed by atoms with Crippen molar-refractivity contribution < 1.29 is 4.79 Å². The number of carbonyl (C=O) groups excluding carboxylic acids is 1. The monoisotopic (exact) mass is 340 g/mol. The van der Waals surface area contributed by atoms with E-state index in [0.29, 0.717) is 18.1 Å². The number of nitrogens with zero attached hydrogens (tertiary/aromatic N) is 6. The van der Waals surface area contributed by atoms with E-state index in [1.54, 1.807) is 11.0 Å². The summed E-state index contributed by atoms with van der Waals surface area (Å²) in [5.41, 5.74) is 1.58. The van der Waals surface area contributed by atoms with Crippen molar-refractivity contribution in [1.82, 2.24) is 30.0 Å². The van der Waals surface area contributed by atoms with Crippen LogP contribution in [0.15, 0.2) is 30.6 Å². The molecule has 2 aliphatic heterocycles. The van der Waals surface area contributed by atoms with Crippen molar-refractivity contribution in [3.05, 3.63) is 36.2 Å². The minimum Gasteiger partial charge on any atom is -0.337 e. The third-order valence-electron chi connectivity index (χ3n) is 5.45. The average molecular weight is 340 g/mol. The van der Waals surface area contributed by atoms with Crippen LogP contribution in [0.2, 0.25) is 0 Å². The molecule has 2 saturated heterocycles. The lowest BCUT2D eigenvalue weighted by Gasteiger charge is -2.32. The molecule has 25 heavy (non-hydrogen) atoms. The number of aromatic nitrogens is 4. The second kappa shape index (κ2) is 6.55. The Morgan fingerprint density at radius 1 is 1.12 bits per heavy atom. The predicted molar refractivity (Wildman–Crippen MR) is 93.5 cm³/mol. The maximum atomic E-state index is 13.0. The Balaban J connectivity index is 1.49. The number of hydrogen-bond donors (Lipinski definition) is 0. The Morgan fingerprint density at radius 2 is 1.88 bits per heavy atom. The molecule has 2 bridgehead atoms. The van der Waals surface area contributed by atoms with Crippen LogP contribution in [0.3, 0.4) is 0 Å². The van der Waals surface area contributed by atoms with E-state index in [-0.39, 0.29) is 5.91 Å². The van der Waals surface area contributed by atoms with Gasteiger partial charge in [0.25, 0.3) is 5.91 Å². The van der Waals surface area contributed by atoms with Crippen LogP contribution in [0.25, 0.3) is 5.69 Å². The van der Waals surface area contributed by atoms with Gasteiger partial charge in [0.1, 0.15) is 6.33 Å². The molecule has 1 amide bonds. The highest BCUT2D eigenvalue weighted by Crippen LogP contribution is 2.32. The molecular formula is C18H24N6O. The van der Waals surface area contributed by atoms with Crippen LogP contribution in [0.5, 0.6) is 0 Å². The molecule has 7 nitrogen and oxygen atoms in total. The highest BCUT2D eigenvalue weighted by atomic mass is 16.2. The van der Waals surface area contributed by atoms with E-state index in [9.17, 15) is 4.79 Å². The van der Waals surface area contributed by atoms with Crippen LogP contribution in [-0.2, 0) is 0 Å². The summed E-state index contributed by atoms with van der Waals surface area (Å²) in [5, 5.41) is 11.1. The van der Waals surface area contributed by atoms with Crippen molar-refractivity contribution in [3.8, 4) is 5.69 Å². The number of rotatable bonds is 3. The fourth-order valence-corrected chi connectivity index (χ4v) is 4.36. The molecule has 0 saturated carbocycles. The molecule has 0 aliphatic carbocycles. The lowest BCUT2D eigenvalue weighted by Crippen LogP contribution is -2.44. The summed E-state index contributed by atoms with van der Waals surface area (Å²) in [6, 6.07) is 9.16. The van der Waals surface area contributed by atoms with Crippen LogP contribution in [0, 0.1) is 0 Å². The topological polar surface area (TPSA) is 67.2 Å². The largest absolute Gasteiger partial charge is 0.337 e. The fourth-order valence-electron chi connectivity index (χ4n) is 4.36. The van der Waals surface area contributed by atoms with Crippen LogP contribution in [0.1, 0.15) is 43.5 Å². The molecule has 132 valence electrons. The molecule has 2 atom stereocenters. The summed E-state index contributed by atoms with van der Waals surface area (Å²) >= 11 is 0. The van der Waals surface area contributed by atoms with Gasteiger partial charge in [-0.3, -0.25) is 9.69 Å². The Bertz CT molecular complexity index is 727. The first kappa shape index (κ1) is 16.2. The molecule has 0 spiro atoms. The third kappa shape index (κ3) is 3.04. The number of tetrazole rings is 1. The summed E-state index contributed by atoms with van der Waals surface area (Å²) in [7, 11) is 0. The first-order chi connectivity index (χ1) is 12.1. The van der Waals surface area contributed by atoms with Crippen LogP contribution in [0.4, 0.5) is 0 Å². The Kier molecular flexibility index (Phi) is 4.25. The van der Waals surface area contributed by atoms with Gasteiger partial charge in [-0.25, -0.2) is 4.68 Å². The number of amides is 1. The van der Waals surface area contributed by atoms with Gasteiger partial charge in [-0.2, -0.15) is 0 Å². The predicted octanol–water partition coefficient (Wildman–Crippen LogP) is 1.75. The van der Waals surface area contributed by atoms with Crippen molar-refractivity contribution in [2.45, 2.75) is 51.2 Å². The molecule has 2 unspecified atom stereocenters. The molecule has 2 aromatic rings. The molecule has 3 heterocycles. The summed E-state index contributed by atoms with van der Waals surface area (Å²) in [6.45, 7) is 6.21. The zero-order valence-corrected chi connectivity index (χ0v) is 14.7. The molecule has 7 heteroatoms. The van der Waals surface area contributed by atoms with Gasteiger partial charge in [0.2, 0.25) is 0 Å². The number of carbonyl (C=O) groups is 1.